The lowest BCUT2D eigenvalue weighted by atomic mass is 9.88. The minimum absolute atomic E-state index is 0.0165. The first-order valence-electron chi connectivity index (χ1n) is 7.15. The smallest absolute Gasteiger partial charge is 0.246 e. The topological polar surface area (TPSA) is 40.1 Å². The molecule has 0 bridgehead atoms. The predicted octanol–water partition coefficient (Wildman–Crippen LogP) is 1.03. The zero-order chi connectivity index (χ0) is 12.5. The molecule has 0 aromatic rings. The average Bonchev–Trinajstić information content (AvgIpc) is 2.98. The van der Waals surface area contributed by atoms with Crippen LogP contribution in [0.5, 0.6) is 0 Å². The van der Waals surface area contributed by atoms with Crippen LogP contribution < -0.4 is 5.43 Å². The fraction of sp³-hybridized carbons (Fsp3) is 0.923. The predicted molar refractivity (Wildman–Crippen MR) is 71.1 cm³/mol. The molecule has 0 radical (unpaired) electrons. The minimum Gasteiger partial charge on any atom is -0.441 e. The zero-order valence-electron chi connectivity index (χ0n) is 11.4. The summed E-state index contributed by atoms with van der Waals surface area (Å²) < 4.78 is 5.74. The highest BCUT2D eigenvalue weighted by Crippen LogP contribution is 2.32. The normalized spacial score (nSPS) is 35.3. The molecule has 1 unspecified atom stereocenters. The van der Waals surface area contributed by atoms with E-state index < -0.39 is 0 Å². The summed E-state index contributed by atoms with van der Waals surface area (Å²) in [6.45, 7) is 5.53. The van der Waals surface area contributed by atoms with Gasteiger partial charge in [-0.2, -0.15) is 0 Å². The molecule has 0 spiro atoms. The summed E-state index contributed by atoms with van der Waals surface area (Å²) in [5, 5.41) is 4.15. The SMILES string of the molecule is CC1=NNC(N2CCC[C@H]2C2CCN(C)CC2)O1. The summed E-state index contributed by atoms with van der Waals surface area (Å²) in [6, 6.07) is 0.678. The molecule has 2 saturated heterocycles. The summed E-state index contributed by atoms with van der Waals surface area (Å²) in [5.74, 6) is 1.59. The van der Waals surface area contributed by atoms with Gasteiger partial charge in [0.05, 0.1) is 0 Å². The molecule has 0 aromatic heterocycles. The van der Waals surface area contributed by atoms with Gasteiger partial charge in [-0.3, -0.25) is 5.43 Å². The molecule has 0 amide bonds. The number of hydrogen-bond acceptors (Lipinski definition) is 5. The first kappa shape index (κ1) is 12.2. The van der Waals surface area contributed by atoms with E-state index in [9.17, 15) is 0 Å². The Hall–Kier alpha value is -0.810. The van der Waals surface area contributed by atoms with E-state index in [1.165, 1.54) is 38.8 Å². The average molecular weight is 252 g/mol. The molecule has 0 aromatic carbocycles. The van der Waals surface area contributed by atoms with Gasteiger partial charge < -0.3 is 9.64 Å². The largest absolute Gasteiger partial charge is 0.441 e. The number of nitrogens with one attached hydrogen (secondary N) is 1. The van der Waals surface area contributed by atoms with Crippen molar-refractivity contribution in [2.24, 2.45) is 11.0 Å². The summed E-state index contributed by atoms with van der Waals surface area (Å²) in [7, 11) is 2.22. The van der Waals surface area contributed by atoms with Gasteiger partial charge in [0.15, 0.2) is 0 Å². The van der Waals surface area contributed by atoms with Gasteiger partial charge in [-0.25, -0.2) is 4.90 Å². The lowest BCUT2D eigenvalue weighted by Gasteiger charge is -2.38. The van der Waals surface area contributed by atoms with Crippen LogP contribution in [0.25, 0.3) is 0 Å². The Morgan fingerprint density at radius 3 is 2.67 bits per heavy atom. The molecule has 3 rings (SSSR count). The van der Waals surface area contributed by atoms with Crippen molar-refractivity contribution < 1.29 is 4.74 Å². The Morgan fingerprint density at radius 2 is 2.00 bits per heavy atom. The second-order valence-electron chi connectivity index (χ2n) is 5.82. The molecular formula is C13H24N4O. The van der Waals surface area contributed by atoms with E-state index in [0.29, 0.717) is 6.04 Å². The van der Waals surface area contributed by atoms with Crippen LogP contribution in [-0.4, -0.2) is 54.8 Å². The van der Waals surface area contributed by atoms with E-state index in [4.69, 9.17) is 4.74 Å². The van der Waals surface area contributed by atoms with Crippen LogP contribution in [0, 0.1) is 5.92 Å². The fourth-order valence-corrected chi connectivity index (χ4v) is 3.53. The highest BCUT2D eigenvalue weighted by molar-refractivity contribution is 5.73. The van der Waals surface area contributed by atoms with Crippen molar-refractivity contribution in [1.82, 2.24) is 15.2 Å². The lowest BCUT2D eigenvalue weighted by molar-refractivity contribution is -0.0225. The van der Waals surface area contributed by atoms with Crippen molar-refractivity contribution in [3.63, 3.8) is 0 Å². The number of nitrogens with zero attached hydrogens (tertiary/aromatic N) is 3. The Labute approximate surface area is 109 Å². The summed E-state index contributed by atoms with van der Waals surface area (Å²) in [5.41, 5.74) is 3.11. The third-order valence-electron chi connectivity index (χ3n) is 4.57. The number of piperidine rings is 1. The lowest BCUT2D eigenvalue weighted by Crippen LogP contribution is -2.49. The molecule has 1 N–H and O–H groups in total. The van der Waals surface area contributed by atoms with Gasteiger partial charge in [0.2, 0.25) is 12.2 Å². The van der Waals surface area contributed by atoms with Crippen molar-refractivity contribution >= 4 is 5.90 Å². The van der Waals surface area contributed by atoms with E-state index in [0.717, 1.165) is 18.4 Å². The molecule has 2 atom stereocenters. The molecule has 3 heterocycles. The molecule has 3 aliphatic rings. The van der Waals surface area contributed by atoms with E-state index in [1.54, 1.807) is 0 Å². The Morgan fingerprint density at radius 1 is 1.22 bits per heavy atom. The van der Waals surface area contributed by atoms with E-state index >= 15 is 0 Å². The quantitative estimate of drug-likeness (QED) is 0.797. The van der Waals surface area contributed by atoms with Gasteiger partial charge >= 0.3 is 0 Å². The second kappa shape index (κ2) is 5.05. The van der Waals surface area contributed by atoms with E-state index in [2.05, 4.69) is 27.4 Å². The van der Waals surface area contributed by atoms with E-state index in [1.807, 2.05) is 6.92 Å². The highest BCUT2D eigenvalue weighted by Gasteiger charge is 2.39. The minimum atomic E-state index is -0.0165. The molecule has 5 nitrogen and oxygen atoms in total. The molecule has 0 aliphatic carbocycles. The first-order chi connectivity index (χ1) is 8.74. The zero-order valence-corrected chi connectivity index (χ0v) is 11.4. The van der Waals surface area contributed by atoms with Crippen LogP contribution >= 0.6 is 0 Å². The van der Waals surface area contributed by atoms with Gasteiger partial charge in [0, 0.05) is 19.5 Å². The Balaban J connectivity index is 1.61. The number of ether oxygens (including phenoxy) is 1. The van der Waals surface area contributed by atoms with Crippen molar-refractivity contribution in [2.45, 2.75) is 45.0 Å². The molecule has 0 saturated carbocycles. The van der Waals surface area contributed by atoms with Crippen molar-refractivity contribution in [1.29, 1.82) is 0 Å². The van der Waals surface area contributed by atoms with Crippen molar-refractivity contribution in [3.05, 3.63) is 0 Å². The van der Waals surface area contributed by atoms with Gasteiger partial charge in [0.1, 0.15) is 0 Å². The molecule has 3 aliphatic heterocycles. The number of hydrogen-bond donors (Lipinski definition) is 1. The van der Waals surface area contributed by atoms with Gasteiger partial charge in [-0.15, -0.1) is 5.10 Å². The molecule has 102 valence electrons. The maximum absolute atomic E-state index is 5.74. The van der Waals surface area contributed by atoms with Crippen LogP contribution in [0.2, 0.25) is 0 Å². The maximum Gasteiger partial charge on any atom is 0.246 e. The third-order valence-corrected chi connectivity index (χ3v) is 4.57. The van der Waals surface area contributed by atoms with E-state index in [-0.39, 0.29) is 6.35 Å². The standard InChI is InChI=1S/C13H24N4O/c1-10-14-15-13(18-10)17-7-3-4-12(17)11-5-8-16(2)9-6-11/h11-13,15H,3-9H2,1-2H3/t12-,13?/m0/s1. The molecule has 2 fully saturated rings. The van der Waals surface area contributed by atoms with Crippen LogP contribution in [0.15, 0.2) is 5.10 Å². The second-order valence-corrected chi connectivity index (χ2v) is 5.82. The highest BCUT2D eigenvalue weighted by atomic mass is 16.5. The summed E-state index contributed by atoms with van der Waals surface area (Å²) in [4.78, 5) is 4.92. The number of likely N-dealkylation sites (tertiary alicyclic amines) is 2. The van der Waals surface area contributed by atoms with Crippen LogP contribution in [0.4, 0.5) is 0 Å². The van der Waals surface area contributed by atoms with Gasteiger partial charge in [0.25, 0.3) is 0 Å². The monoisotopic (exact) mass is 252 g/mol. The molecule has 18 heavy (non-hydrogen) atoms. The fourth-order valence-electron chi connectivity index (χ4n) is 3.53. The van der Waals surface area contributed by atoms with Gasteiger partial charge in [-0.1, -0.05) is 0 Å². The summed E-state index contributed by atoms with van der Waals surface area (Å²) >= 11 is 0. The van der Waals surface area contributed by atoms with Crippen LogP contribution in [0.1, 0.15) is 32.6 Å². The number of hydrazone groups is 1. The number of rotatable bonds is 2. The maximum atomic E-state index is 5.74. The van der Waals surface area contributed by atoms with Crippen LogP contribution in [-0.2, 0) is 4.74 Å². The Bertz CT molecular complexity index is 325. The van der Waals surface area contributed by atoms with Crippen LogP contribution in [0.3, 0.4) is 0 Å². The molecular weight excluding hydrogens is 228 g/mol. The first-order valence-corrected chi connectivity index (χ1v) is 7.15. The van der Waals surface area contributed by atoms with Gasteiger partial charge in [-0.05, 0) is 51.7 Å². The van der Waals surface area contributed by atoms with Crippen molar-refractivity contribution in [2.75, 3.05) is 26.7 Å². The van der Waals surface area contributed by atoms with Crippen molar-refractivity contribution in [3.8, 4) is 0 Å². The Kier molecular flexibility index (Phi) is 3.43. The molecule has 5 heteroatoms. The third kappa shape index (κ3) is 2.34. The summed E-state index contributed by atoms with van der Waals surface area (Å²) in [6.07, 6.45) is 5.23.